The molecule has 0 bridgehead atoms. The Hall–Kier alpha value is -2.67. The summed E-state index contributed by atoms with van der Waals surface area (Å²) >= 11 is 0. The molecule has 2 heterocycles. The fourth-order valence-electron chi connectivity index (χ4n) is 3.25. The summed E-state index contributed by atoms with van der Waals surface area (Å²) in [4.78, 5) is 18.1. The van der Waals surface area contributed by atoms with E-state index in [1.807, 2.05) is 6.07 Å². The zero-order chi connectivity index (χ0) is 20.5. The number of aliphatic imine (C=N–C) groups is 1. The molecule has 7 heteroatoms. The molecular weight excluding hydrogens is 364 g/mol. The van der Waals surface area contributed by atoms with Crippen molar-refractivity contribution < 1.29 is 4.74 Å². The maximum absolute atomic E-state index is 5.72. The van der Waals surface area contributed by atoms with Crippen molar-refractivity contribution in [3.63, 3.8) is 0 Å². The molecule has 0 atom stereocenters. The minimum Gasteiger partial charge on any atom is -0.374 e. The first-order valence-corrected chi connectivity index (χ1v) is 10.4. The van der Waals surface area contributed by atoms with E-state index in [9.17, 15) is 0 Å². The van der Waals surface area contributed by atoms with Gasteiger partial charge in [0.25, 0.3) is 0 Å². The Balaban J connectivity index is 1.60. The SMILES string of the molecule is CCNC(=NCc1cccc(COC(C)C)c1)N1CCN(c2ncccn2)CC1. The van der Waals surface area contributed by atoms with Gasteiger partial charge in [-0.15, -0.1) is 0 Å². The summed E-state index contributed by atoms with van der Waals surface area (Å²) in [7, 11) is 0. The molecule has 0 unspecified atom stereocenters. The first-order valence-electron chi connectivity index (χ1n) is 10.4. The fourth-order valence-corrected chi connectivity index (χ4v) is 3.25. The van der Waals surface area contributed by atoms with Crippen LogP contribution < -0.4 is 10.2 Å². The van der Waals surface area contributed by atoms with Gasteiger partial charge >= 0.3 is 0 Å². The molecular formula is C22H32N6O. The molecule has 1 aromatic heterocycles. The molecule has 29 heavy (non-hydrogen) atoms. The van der Waals surface area contributed by atoms with Crippen LogP contribution in [-0.2, 0) is 17.9 Å². The molecule has 1 aliphatic rings. The maximum Gasteiger partial charge on any atom is 0.225 e. The van der Waals surface area contributed by atoms with Crippen molar-refractivity contribution in [3.05, 3.63) is 53.9 Å². The highest BCUT2D eigenvalue weighted by Gasteiger charge is 2.21. The van der Waals surface area contributed by atoms with Crippen molar-refractivity contribution >= 4 is 11.9 Å². The van der Waals surface area contributed by atoms with E-state index < -0.39 is 0 Å². The largest absolute Gasteiger partial charge is 0.374 e. The lowest BCUT2D eigenvalue weighted by Gasteiger charge is -2.36. The van der Waals surface area contributed by atoms with Crippen LogP contribution in [0, 0.1) is 0 Å². The van der Waals surface area contributed by atoms with E-state index in [1.165, 1.54) is 11.1 Å². The second-order valence-electron chi connectivity index (χ2n) is 7.37. The van der Waals surface area contributed by atoms with Crippen LogP contribution in [0.2, 0.25) is 0 Å². The average molecular weight is 397 g/mol. The second-order valence-corrected chi connectivity index (χ2v) is 7.37. The Morgan fingerprint density at radius 1 is 1.10 bits per heavy atom. The number of guanidine groups is 1. The Bertz CT molecular complexity index is 772. The van der Waals surface area contributed by atoms with Crippen LogP contribution in [0.5, 0.6) is 0 Å². The van der Waals surface area contributed by atoms with Gasteiger partial charge in [0.2, 0.25) is 5.95 Å². The molecule has 1 aromatic carbocycles. The van der Waals surface area contributed by atoms with E-state index >= 15 is 0 Å². The maximum atomic E-state index is 5.72. The highest BCUT2D eigenvalue weighted by Crippen LogP contribution is 2.12. The van der Waals surface area contributed by atoms with Crippen molar-refractivity contribution in [3.8, 4) is 0 Å². The Morgan fingerprint density at radius 3 is 2.52 bits per heavy atom. The standard InChI is InChI=1S/C22H32N6O/c1-4-23-21(26-16-19-7-5-8-20(15-19)17-29-18(2)3)27-11-13-28(14-12-27)22-24-9-6-10-25-22/h5-10,15,18H,4,11-14,16-17H2,1-3H3,(H,23,26). The molecule has 0 saturated carbocycles. The predicted molar refractivity (Wildman–Crippen MR) is 117 cm³/mol. The van der Waals surface area contributed by atoms with Crippen molar-refractivity contribution in [2.75, 3.05) is 37.6 Å². The number of hydrogen-bond acceptors (Lipinski definition) is 5. The lowest BCUT2D eigenvalue weighted by molar-refractivity contribution is 0.0657. The molecule has 156 valence electrons. The highest BCUT2D eigenvalue weighted by molar-refractivity contribution is 5.80. The number of anilines is 1. The summed E-state index contributed by atoms with van der Waals surface area (Å²) < 4.78 is 5.72. The smallest absolute Gasteiger partial charge is 0.225 e. The fraction of sp³-hybridized carbons (Fsp3) is 0.500. The number of hydrogen-bond donors (Lipinski definition) is 1. The van der Waals surface area contributed by atoms with Crippen LogP contribution in [0.3, 0.4) is 0 Å². The molecule has 0 amide bonds. The molecule has 1 N–H and O–H groups in total. The minimum absolute atomic E-state index is 0.233. The Kier molecular flexibility index (Phi) is 7.81. The zero-order valence-corrected chi connectivity index (χ0v) is 17.7. The van der Waals surface area contributed by atoms with E-state index in [0.717, 1.165) is 44.6 Å². The molecule has 0 radical (unpaired) electrons. The highest BCUT2D eigenvalue weighted by atomic mass is 16.5. The number of aromatic nitrogens is 2. The van der Waals surface area contributed by atoms with Crippen molar-refractivity contribution in [1.29, 1.82) is 0 Å². The van der Waals surface area contributed by atoms with Crippen LogP contribution in [0.1, 0.15) is 31.9 Å². The Morgan fingerprint density at radius 2 is 1.83 bits per heavy atom. The molecule has 1 fully saturated rings. The van der Waals surface area contributed by atoms with Crippen molar-refractivity contribution in [2.24, 2.45) is 4.99 Å². The Labute approximate surface area is 173 Å². The first kappa shape index (κ1) is 21.0. The van der Waals surface area contributed by atoms with E-state index in [4.69, 9.17) is 9.73 Å². The number of nitrogens with one attached hydrogen (secondary N) is 1. The number of rotatable bonds is 7. The zero-order valence-electron chi connectivity index (χ0n) is 17.7. The molecule has 3 rings (SSSR count). The number of ether oxygens (including phenoxy) is 1. The van der Waals surface area contributed by atoms with Gasteiger partial charge < -0.3 is 19.9 Å². The molecule has 1 saturated heterocycles. The van der Waals surface area contributed by atoms with Gasteiger partial charge in [-0.25, -0.2) is 15.0 Å². The van der Waals surface area contributed by atoms with Crippen LogP contribution in [0.25, 0.3) is 0 Å². The van der Waals surface area contributed by atoms with Gasteiger partial charge in [-0.3, -0.25) is 0 Å². The topological polar surface area (TPSA) is 65.9 Å². The molecule has 0 spiro atoms. The number of benzene rings is 1. The van der Waals surface area contributed by atoms with Crippen LogP contribution in [0.15, 0.2) is 47.7 Å². The quantitative estimate of drug-likeness (QED) is 0.573. The van der Waals surface area contributed by atoms with Gasteiger partial charge in [0.1, 0.15) is 0 Å². The van der Waals surface area contributed by atoms with E-state index in [2.05, 4.69) is 70.1 Å². The van der Waals surface area contributed by atoms with Gasteiger partial charge in [-0.1, -0.05) is 24.3 Å². The van der Waals surface area contributed by atoms with Gasteiger partial charge in [-0.2, -0.15) is 0 Å². The number of nitrogens with zero attached hydrogens (tertiary/aromatic N) is 5. The summed E-state index contributed by atoms with van der Waals surface area (Å²) in [5.74, 6) is 1.76. The second kappa shape index (κ2) is 10.8. The lowest BCUT2D eigenvalue weighted by atomic mass is 10.1. The molecule has 2 aromatic rings. The summed E-state index contributed by atoms with van der Waals surface area (Å²) in [5.41, 5.74) is 2.38. The minimum atomic E-state index is 0.233. The van der Waals surface area contributed by atoms with Gasteiger partial charge in [0.15, 0.2) is 5.96 Å². The average Bonchev–Trinajstić information content (AvgIpc) is 2.76. The predicted octanol–water partition coefficient (Wildman–Crippen LogP) is 2.69. The first-order chi connectivity index (χ1) is 14.2. The van der Waals surface area contributed by atoms with Gasteiger partial charge in [0, 0.05) is 45.1 Å². The molecule has 0 aliphatic carbocycles. The third-order valence-electron chi connectivity index (χ3n) is 4.74. The van der Waals surface area contributed by atoms with Crippen LogP contribution in [0.4, 0.5) is 5.95 Å². The molecule has 1 aliphatic heterocycles. The lowest BCUT2D eigenvalue weighted by Crippen LogP contribution is -2.52. The number of piperazine rings is 1. The van der Waals surface area contributed by atoms with Crippen molar-refractivity contribution in [1.82, 2.24) is 20.2 Å². The van der Waals surface area contributed by atoms with Crippen LogP contribution in [-0.4, -0.2) is 59.7 Å². The van der Waals surface area contributed by atoms with Crippen LogP contribution >= 0.6 is 0 Å². The normalized spacial score (nSPS) is 15.1. The third-order valence-corrected chi connectivity index (χ3v) is 4.74. The molecule has 7 nitrogen and oxygen atoms in total. The third kappa shape index (κ3) is 6.42. The van der Waals surface area contributed by atoms with Crippen molar-refractivity contribution in [2.45, 2.75) is 40.0 Å². The summed E-state index contributed by atoms with van der Waals surface area (Å²) in [5, 5.41) is 3.43. The van der Waals surface area contributed by atoms with E-state index in [0.29, 0.717) is 13.2 Å². The van der Waals surface area contributed by atoms with E-state index in [-0.39, 0.29) is 6.10 Å². The van der Waals surface area contributed by atoms with Gasteiger partial charge in [0.05, 0.1) is 19.3 Å². The summed E-state index contributed by atoms with van der Waals surface area (Å²) in [6.45, 7) is 11.9. The monoisotopic (exact) mass is 396 g/mol. The van der Waals surface area contributed by atoms with E-state index in [1.54, 1.807) is 12.4 Å². The van der Waals surface area contributed by atoms with Gasteiger partial charge in [-0.05, 0) is 38.0 Å². The summed E-state index contributed by atoms with van der Waals surface area (Å²) in [6, 6.07) is 10.3. The summed E-state index contributed by atoms with van der Waals surface area (Å²) in [6.07, 6.45) is 3.82.